The Hall–Kier alpha value is -2.52. The third-order valence-electron chi connectivity index (χ3n) is 3.38. The summed E-state index contributed by atoms with van der Waals surface area (Å²) < 4.78 is 26.5. The number of aromatic amines is 1. The summed E-state index contributed by atoms with van der Waals surface area (Å²) in [7, 11) is -3.75. The van der Waals surface area contributed by atoms with Gasteiger partial charge in [-0.3, -0.25) is 5.10 Å². The molecule has 0 unspecified atom stereocenters. The number of hydrogen-bond donors (Lipinski definition) is 1. The molecule has 1 aliphatic carbocycles. The fourth-order valence-electron chi connectivity index (χ4n) is 2.32. The minimum absolute atomic E-state index is 0.185. The van der Waals surface area contributed by atoms with Crippen LogP contribution in [0.4, 0.5) is 0 Å². The highest BCUT2D eigenvalue weighted by atomic mass is 32.2. The van der Waals surface area contributed by atoms with Gasteiger partial charge in [0.2, 0.25) is 0 Å². The second-order valence-corrected chi connectivity index (χ2v) is 6.80. The molecular weight excluding hydrogens is 286 g/mol. The summed E-state index contributed by atoms with van der Waals surface area (Å²) >= 11 is 0. The third kappa shape index (κ3) is 2.03. The summed E-state index contributed by atoms with van der Waals surface area (Å²) in [6.45, 7) is 3.76. The van der Waals surface area contributed by atoms with Crippen molar-refractivity contribution in [1.29, 1.82) is 5.26 Å². The van der Waals surface area contributed by atoms with Gasteiger partial charge in [-0.1, -0.05) is 17.7 Å². The Morgan fingerprint density at radius 1 is 1.10 bits per heavy atom. The highest BCUT2D eigenvalue weighted by Crippen LogP contribution is 2.31. The number of H-pyrrole nitrogens is 1. The Balaban J connectivity index is 2.24. The van der Waals surface area contributed by atoms with Crippen molar-refractivity contribution in [1.82, 2.24) is 9.19 Å². The van der Waals surface area contributed by atoms with Gasteiger partial charge in [0.1, 0.15) is 11.8 Å². The van der Waals surface area contributed by atoms with Crippen LogP contribution in [0.5, 0.6) is 0 Å². The molecule has 3 rings (SSSR count). The van der Waals surface area contributed by atoms with E-state index in [1.165, 1.54) is 0 Å². The van der Waals surface area contributed by atoms with Gasteiger partial charge in [-0.2, -0.15) is 17.8 Å². The molecule has 0 amide bonds. The fraction of sp³-hybridized carbons (Fsp3) is 0.133. The summed E-state index contributed by atoms with van der Waals surface area (Å²) in [4.78, 5) is 0.185. The van der Waals surface area contributed by atoms with Gasteiger partial charge >= 0.3 is 0 Å². The minimum Gasteiger partial charge on any atom is -0.273 e. The van der Waals surface area contributed by atoms with Crippen LogP contribution < -0.4 is 0 Å². The number of benzene rings is 1. The van der Waals surface area contributed by atoms with Crippen molar-refractivity contribution >= 4 is 10.0 Å². The van der Waals surface area contributed by atoms with Crippen LogP contribution in [-0.2, 0) is 10.0 Å². The molecule has 1 heterocycles. The number of nitriles is 1. The van der Waals surface area contributed by atoms with E-state index in [0.717, 1.165) is 15.2 Å². The molecule has 1 aromatic rings. The van der Waals surface area contributed by atoms with Gasteiger partial charge in [-0.15, -0.1) is 0 Å². The van der Waals surface area contributed by atoms with Gasteiger partial charge in [-0.05, 0) is 43.7 Å². The lowest BCUT2D eigenvalue weighted by Crippen LogP contribution is -2.15. The van der Waals surface area contributed by atoms with Crippen molar-refractivity contribution in [2.24, 2.45) is 0 Å². The highest BCUT2D eigenvalue weighted by molar-refractivity contribution is 7.90. The maximum Gasteiger partial charge on any atom is 0.281 e. The molecule has 2 aliphatic rings. The van der Waals surface area contributed by atoms with Gasteiger partial charge in [0.05, 0.1) is 10.6 Å². The Morgan fingerprint density at radius 3 is 2.38 bits per heavy atom. The Morgan fingerprint density at radius 2 is 1.76 bits per heavy atom. The van der Waals surface area contributed by atoms with E-state index >= 15 is 0 Å². The van der Waals surface area contributed by atoms with Crippen LogP contribution in [0.15, 0.2) is 41.3 Å². The topological polar surface area (TPSA) is 78.7 Å². The highest BCUT2D eigenvalue weighted by Gasteiger charge is 2.26. The average Bonchev–Trinajstić information content (AvgIpc) is 2.96. The predicted octanol–water partition coefficient (Wildman–Crippen LogP) is 2.65. The lowest BCUT2D eigenvalue weighted by molar-refractivity contribution is 0.581. The third-order valence-corrected chi connectivity index (χ3v) is 5.02. The summed E-state index contributed by atoms with van der Waals surface area (Å²) in [5, 5.41) is 11.8. The van der Waals surface area contributed by atoms with Crippen LogP contribution in [-0.4, -0.2) is 17.6 Å². The first-order valence-electron chi connectivity index (χ1n) is 6.37. The molecule has 6 heteroatoms. The molecule has 0 bridgehead atoms. The molecule has 0 fully saturated rings. The molecule has 0 atom stereocenters. The van der Waals surface area contributed by atoms with Gasteiger partial charge in [0, 0.05) is 5.56 Å². The van der Waals surface area contributed by atoms with Crippen molar-refractivity contribution in [2.45, 2.75) is 18.7 Å². The van der Waals surface area contributed by atoms with Crippen LogP contribution in [0, 0.1) is 25.2 Å². The molecule has 0 radical (unpaired) electrons. The second-order valence-electron chi connectivity index (χ2n) is 5.01. The molecule has 1 aliphatic heterocycles. The van der Waals surface area contributed by atoms with Crippen molar-refractivity contribution < 1.29 is 8.42 Å². The van der Waals surface area contributed by atoms with Gasteiger partial charge in [0.25, 0.3) is 10.0 Å². The number of rotatable bonds is 2. The second kappa shape index (κ2) is 4.50. The lowest BCUT2D eigenvalue weighted by Gasteiger charge is -2.07. The molecule has 1 aromatic carbocycles. The molecule has 0 spiro atoms. The maximum absolute atomic E-state index is 12.7. The largest absolute Gasteiger partial charge is 0.281 e. The number of nitrogens with zero attached hydrogens (tertiary/aromatic N) is 2. The molecule has 0 saturated heterocycles. The predicted molar refractivity (Wildman–Crippen MR) is 78.6 cm³/mol. The SMILES string of the molecule is Cc1ccc(S(=O)(=O)n2[nH]c(C#N)c3cc(C)cc2-3)cc1. The van der Waals surface area contributed by atoms with Crippen LogP contribution in [0.1, 0.15) is 16.8 Å². The Labute approximate surface area is 122 Å². The molecule has 0 saturated carbocycles. The first-order chi connectivity index (χ1) is 9.93. The van der Waals surface area contributed by atoms with E-state index in [0.29, 0.717) is 11.3 Å². The number of fused-ring (bicyclic) bond motifs is 1. The van der Waals surface area contributed by atoms with Crippen molar-refractivity contribution in [3.05, 3.63) is 53.2 Å². The van der Waals surface area contributed by atoms with Crippen molar-refractivity contribution in [3.63, 3.8) is 0 Å². The Kier molecular flexibility index (Phi) is 2.88. The summed E-state index contributed by atoms with van der Waals surface area (Å²) in [5.74, 6) is 0. The Bertz CT molecular complexity index is 925. The minimum atomic E-state index is -3.75. The van der Waals surface area contributed by atoms with E-state index < -0.39 is 10.0 Å². The first kappa shape index (κ1) is 13.5. The van der Waals surface area contributed by atoms with E-state index in [2.05, 4.69) is 5.10 Å². The molecule has 21 heavy (non-hydrogen) atoms. The summed E-state index contributed by atoms with van der Waals surface area (Å²) in [6, 6.07) is 12.2. The zero-order valence-electron chi connectivity index (χ0n) is 11.6. The quantitative estimate of drug-likeness (QED) is 0.790. The van der Waals surface area contributed by atoms with E-state index in [1.807, 2.05) is 19.9 Å². The maximum atomic E-state index is 12.7. The zero-order valence-corrected chi connectivity index (χ0v) is 12.4. The average molecular weight is 299 g/mol. The lowest BCUT2D eigenvalue weighted by atomic mass is 10.2. The van der Waals surface area contributed by atoms with Gasteiger partial charge in [-0.25, -0.2) is 0 Å². The van der Waals surface area contributed by atoms with Gasteiger partial charge < -0.3 is 0 Å². The smallest absolute Gasteiger partial charge is 0.273 e. The molecule has 106 valence electrons. The molecule has 0 aromatic heterocycles. The first-order valence-corrected chi connectivity index (χ1v) is 7.81. The van der Waals surface area contributed by atoms with Crippen molar-refractivity contribution in [3.8, 4) is 17.3 Å². The van der Waals surface area contributed by atoms with Crippen LogP contribution in [0.25, 0.3) is 11.3 Å². The zero-order chi connectivity index (χ0) is 15.2. The molecular formula is C15H13N3O2S. The summed E-state index contributed by atoms with van der Waals surface area (Å²) in [6.07, 6.45) is 0. The van der Waals surface area contributed by atoms with Crippen LogP contribution in [0.2, 0.25) is 0 Å². The normalized spacial score (nSPS) is 11.7. The summed E-state index contributed by atoms with van der Waals surface area (Å²) in [5.41, 5.74) is 3.25. The number of aryl methyl sites for hydroxylation is 2. The van der Waals surface area contributed by atoms with Crippen LogP contribution in [0.3, 0.4) is 0 Å². The fourth-order valence-corrected chi connectivity index (χ4v) is 3.63. The van der Waals surface area contributed by atoms with Gasteiger partial charge in [0.15, 0.2) is 0 Å². The number of aromatic nitrogens is 2. The van der Waals surface area contributed by atoms with Crippen molar-refractivity contribution in [2.75, 3.05) is 0 Å². The van der Waals surface area contributed by atoms with E-state index in [9.17, 15) is 8.42 Å². The van der Waals surface area contributed by atoms with E-state index in [-0.39, 0.29) is 10.6 Å². The van der Waals surface area contributed by atoms with E-state index in [1.54, 1.807) is 36.4 Å². The molecule has 5 nitrogen and oxygen atoms in total. The standard InChI is InChI=1S/C15H13N3O2S/c1-10-3-5-12(6-4-10)21(19,20)18-15-8-11(2)7-13(15)14(9-16)17-18/h3-8,17H,1-2H3. The number of hydrogen-bond acceptors (Lipinski definition) is 3. The monoisotopic (exact) mass is 299 g/mol. The molecule has 1 N–H and O–H groups in total. The van der Waals surface area contributed by atoms with E-state index in [4.69, 9.17) is 5.26 Å². The van der Waals surface area contributed by atoms with Crippen LogP contribution >= 0.6 is 0 Å². The number of nitrogens with one attached hydrogen (secondary N) is 1.